The lowest BCUT2D eigenvalue weighted by molar-refractivity contribution is -0.121. The second-order valence-electron chi connectivity index (χ2n) is 5.85. The number of carbonyl (C=O) groups excluding carboxylic acids is 2. The molecule has 24 heavy (non-hydrogen) atoms. The van der Waals surface area contributed by atoms with Gasteiger partial charge in [-0.25, -0.2) is 0 Å². The molecule has 2 aromatic rings. The number of H-pyrrole nitrogens is 1. The predicted octanol–water partition coefficient (Wildman–Crippen LogP) is 0.126. The van der Waals surface area contributed by atoms with Crippen LogP contribution in [-0.2, 0) is 4.79 Å². The second-order valence-corrected chi connectivity index (χ2v) is 5.85. The third-order valence-electron chi connectivity index (χ3n) is 4.15. The Kier molecular flexibility index (Phi) is 4.90. The van der Waals surface area contributed by atoms with Crippen LogP contribution in [0.4, 0.5) is 0 Å². The maximum Gasteiger partial charge on any atom is 0.257 e. The van der Waals surface area contributed by atoms with Crippen molar-refractivity contribution in [1.29, 1.82) is 0 Å². The number of piperidine rings is 1. The zero-order valence-electron chi connectivity index (χ0n) is 13.2. The van der Waals surface area contributed by atoms with Crippen molar-refractivity contribution in [2.75, 3.05) is 19.6 Å². The minimum Gasteiger partial charge on any atom is -0.360 e. The highest BCUT2D eigenvalue weighted by molar-refractivity contribution is 5.98. The van der Waals surface area contributed by atoms with E-state index in [1.807, 2.05) is 6.07 Å². The lowest BCUT2D eigenvalue weighted by atomic mass is 10.1. The second kappa shape index (κ2) is 7.27. The van der Waals surface area contributed by atoms with E-state index in [1.54, 1.807) is 18.2 Å². The van der Waals surface area contributed by atoms with E-state index in [0.717, 1.165) is 25.9 Å². The molecule has 0 radical (unpaired) electrons. The zero-order valence-corrected chi connectivity index (χ0v) is 13.2. The van der Waals surface area contributed by atoms with Crippen molar-refractivity contribution in [2.24, 2.45) is 0 Å². The lowest BCUT2D eigenvalue weighted by Crippen LogP contribution is -2.46. The molecule has 0 bridgehead atoms. The van der Waals surface area contributed by atoms with Crippen LogP contribution in [-0.4, -0.2) is 42.5 Å². The molecule has 4 N–H and O–H groups in total. The summed E-state index contributed by atoms with van der Waals surface area (Å²) in [6, 6.07) is 7.12. The van der Waals surface area contributed by atoms with Gasteiger partial charge in [0, 0.05) is 23.1 Å². The lowest BCUT2D eigenvalue weighted by Gasteiger charge is -2.23. The van der Waals surface area contributed by atoms with Crippen molar-refractivity contribution in [3.63, 3.8) is 0 Å². The highest BCUT2D eigenvalue weighted by Crippen LogP contribution is 2.07. The Bertz CT molecular complexity index is 809. The van der Waals surface area contributed by atoms with Gasteiger partial charge >= 0.3 is 0 Å². The molecule has 1 aliphatic heterocycles. The molecule has 0 aliphatic carbocycles. The fraction of sp³-hybridized carbons (Fsp3) is 0.353. The summed E-state index contributed by atoms with van der Waals surface area (Å²) in [5.41, 5.74) is 0.326. The average molecular weight is 328 g/mol. The smallest absolute Gasteiger partial charge is 0.257 e. The van der Waals surface area contributed by atoms with Crippen molar-refractivity contribution in [3.05, 3.63) is 46.2 Å². The van der Waals surface area contributed by atoms with Gasteiger partial charge in [0.05, 0.1) is 6.54 Å². The number of benzene rings is 1. The summed E-state index contributed by atoms with van der Waals surface area (Å²) in [6.45, 7) is 1.61. The number of carbonyl (C=O) groups is 2. The normalized spacial score (nSPS) is 15.2. The molecule has 0 atom stereocenters. The van der Waals surface area contributed by atoms with Crippen LogP contribution in [0.5, 0.6) is 0 Å². The molecular weight excluding hydrogens is 308 g/mol. The van der Waals surface area contributed by atoms with Gasteiger partial charge in [0.25, 0.3) is 5.91 Å². The summed E-state index contributed by atoms with van der Waals surface area (Å²) >= 11 is 0. The standard InChI is InChI=1S/C17H20N4O3/c22-15(21-11-5-7-18-8-6-11)10-20-17(24)13-9-19-14-4-2-1-3-12(14)16(13)23/h1-4,9,11,18H,5-8,10H2,(H,19,23)(H,20,24)(H,21,22). The molecule has 0 saturated carbocycles. The minimum absolute atomic E-state index is 0.00312. The van der Waals surface area contributed by atoms with Gasteiger partial charge in [-0.05, 0) is 38.1 Å². The van der Waals surface area contributed by atoms with Gasteiger partial charge in [0.15, 0.2) is 0 Å². The quantitative estimate of drug-likeness (QED) is 0.640. The molecule has 7 heteroatoms. The molecule has 1 saturated heterocycles. The van der Waals surface area contributed by atoms with E-state index in [0.29, 0.717) is 10.9 Å². The Morgan fingerprint density at radius 1 is 1.17 bits per heavy atom. The topological polar surface area (TPSA) is 103 Å². The van der Waals surface area contributed by atoms with Gasteiger partial charge in [-0.2, -0.15) is 0 Å². The average Bonchev–Trinajstić information content (AvgIpc) is 2.61. The number of nitrogens with one attached hydrogen (secondary N) is 4. The van der Waals surface area contributed by atoms with Crippen LogP contribution in [0.3, 0.4) is 0 Å². The highest BCUT2D eigenvalue weighted by atomic mass is 16.2. The monoisotopic (exact) mass is 328 g/mol. The van der Waals surface area contributed by atoms with Gasteiger partial charge in [-0.15, -0.1) is 0 Å². The van der Waals surface area contributed by atoms with Crippen LogP contribution >= 0.6 is 0 Å². The summed E-state index contributed by atoms with van der Waals surface area (Å²) in [6.07, 6.45) is 3.14. The van der Waals surface area contributed by atoms with Crippen molar-refractivity contribution in [2.45, 2.75) is 18.9 Å². The number of aromatic amines is 1. The maximum absolute atomic E-state index is 12.3. The van der Waals surface area contributed by atoms with E-state index < -0.39 is 5.91 Å². The molecule has 2 heterocycles. The first-order chi connectivity index (χ1) is 11.6. The molecule has 0 spiro atoms. The molecule has 1 aliphatic rings. The van der Waals surface area contributed by atoms with E-state index in [2.05, 4.69) is 20.9 Å². The van der Waals surface area contributed by atoms with Crippen molar-refractivity contribution < 1.29 is 9.59 Å². The number of hydrogen-bond acceptors (Lipinski definition) is 4. The van der Waals surface area contributed by atoms with E-state index in [9.17, 15) is 14.4 Å². The Balaban J connectivity index is 1.61. The Labute approximate surface area is 138 Å². The molecule has 2 amide bonds. The number of fused-ring (bicyclic) bond motifs is 1. The molecule has 1 fully saturated rings. The molecule has 7 nitrogen and oxygen atoms in total. The van der Waals surface area contributed by atoms with Crippen molar-refractivity contribution >= 4 is 22.7 Å². The van der Waals surface area contributed by atoms with E-state index >= 15 is 0 Å². The van der Waals surface area contributed by atoms with Crippen LogP contribution in [0, 0.1) is 0 Å². The minimum atomic E-state index is -0.553. The number of para-hydroxylation sites is 1. The Morgan fingerprint density at radius 2 is 1.92 bits per heavy atom. The first-order valence-electron chi connectivity index (χ1n) is 8.04. The zero-order chi connectivity index (χ0) is 16.9. The van der Waals surface area contributed by atoms with Gasteiger partial charge in [0.1, 0.15) is 5.56 Å². The van der Waals surface area contributed by atoms with Crippen LogP contribution in [0.25, 0.3) is 10.9 Å². The van der Waals surface area contributed by atoms with Crippen LogP contribution in [0.1, 0.15) is 23.2 Å². The molecule has 126 valence electrons. The van der Waals surface area contributed by atoms with Crippen LogP contribution in [0.2, 0.25) is 0 Å². The summed E-state index contributed by atoms with van der Waals surface area (Å²) in [5, 5.41) is 9.07. The van der Waals surface area contributed by atoms with Gasteiger partial charge in [0.2, 0.25) is 11.3 Å². The fourth-order valence-corrected chi connectivity index (χ4v) is 2.84. The number of amides is 2. The predicted molar refractivity (Wildman–Crippen MR) is 90.9 cm³/mol. The summed E-state index contributed by atoms with van der Waals surface area (Å²) < 4.78 is 0. The van der Waals surface area contributed by atoms with Gasteiger partial charge in [-0.1, -0.05) is 12.1 Å². The van der Waals surface area contributed by atoms with E-state index in [4.69, 9.17) is 0 Å². The van der Waals surface area contributed by atoms with Gasteiger partial charge < -0.3 is 20.9 Å². The largest absolute Gasteiger partial charge is 0.360 e. The third kappa shape index (κ3) is 3.62. The van der Waals surface area contributed by atoms with Gasteiger partial charge in [-0.3, -0.25) is 14.4 Å². The first kappa shape index (κ1) is 16.2. The summed E-state index contributed by atoms with van der Waals surface area (Å²) in [5.74, 6) is -0.796. The number of hydrogen-bond donors (Lipinski definition) is 4. The number of aromatic nitrogens is 1. The first-order valence-corrected chi connectivity index (χ1v) is 8.04. The van der Waals surface area contributed by atoms with Crippen molar-refractivity contribution in [3.8, 4) is 0 Å². The Hall–Kier alpha value is -2.67. The SMILES string of the molecule is O=C(CNC(=O)c1c[nH]c2ccccc2c1=O)NC1CCNCC1. The van der Waals surface area contributed by atoms with Crippen molar-refractivity contribution in [1.82, 2.24) is 20.9 Å². The molecule has 1 aromatic carbocycles. The van der Waals surface area contributed by atoms with Crippen LogP contribution in [0.15, 0.2) is 35.3 Å². The third-order valence-corrected chi connectivity index (χ3v) is 4.15. The highest BCUT2D eigenvalue weighted by Gasteiger charge is 2.17. The molecule has 3 rings (SSSR count). The Morgan fingerprint density at radius 3 is 2.71 bits per heavy atom. The van der Waals surface area contributed by atoms with E-state index in [-0.39, 0.29) is 29.5 Å². The maximum atomic E-state index is 12.3. The molecule has 0 unspecified atom stereocenters. The number of pyridine rings is 1. The molecule has 1 aromatic heterocycles. The summed E-state index contributed by atoms with van der Waals surface area (Å²) in [7, 11) is 0. The molecular formula is C17H20N4O3. The fourth-order valence-electron chi connectivity index (χ4n) is 2.84. The van der Waals surface area contributed by atoms with E-state index in [1.165, 1.54) is 6.20 Å². The summed E-state index contributed by atoms with van der Waals surface area (Å²) in [4.78, 5) is 39.4. The van der Waals surface area contributed by atoms with Crippen LogP contribution < -0.4 is 21.4 Å². The number of rotatable bonds is 4.